The first-order chi connectivity index (χ1) is 17.4. The van der Waals surface area contributed by atoms with E-state index in [1.54, 1.807) is 30.3 Å². The van der Waals surface area contributed by atoms with Crippen molar-refractivity contribution < 1.29 is 23.0 Å². The van der Waals surface area contributed by atoms with Gasteiger partial charge in [-0.3, -0.25) is 4.72 Å². The van der Waals surface area contributed by atoms with Gasteiger partial charge in [0.15, 0.2) is 5.60 Å². The predicted molar refractivity (Wildman–Crippen MR) is 139 cm³/mol. The molecular formula is C28H30N2O5S. The number of anilines is 1. The van der Waals surface area contributed by atoms with Crippen LogP contribution in [0.15, 0.2) is 59.9 Å². The van der Waals surface area contributed by atoms with E-state index in [-0.39, 0.29) is 17.6 Å². The van der Waals surface area contributed by atoms with E-state index < -0.39 is 22.8 Å². The summed E-state index contributed by atoms with van der Waals surface area (Å²) in [5.41, 5.74) is 1.64. The van der Waals surface area contributed by atoms with Gasteiger partial charge in [-0.1, -0.05) is 25.0 Å². The van der Waals surface area contributed by atoms with Crippen LogP contribution in [0.25, 0.3) is 0 Å². The molecule has 7 nitrogen and oxygen atoms in total. The number of nitrogens with zero attached hydrogens (tertiary/aromatic N) is 1. The highest BCUT2D eigenvalue weighted by molar-refractivity contribution is 7.81. The lowest BCUT2D eigenvalue weighted by Gasteiger charge is -2.37. The van der Waals surface area contributed by atoms with Crippen LogP contribution < -0.4 is 8.91 Å². The van der Waals surface area contributed by atoms with Crippen molar-refractivity contribution in [2.24, 2.45) is 5.92 Å². The number of carbonyl (C=O) groups excluding carboxylic acids is 1. The minimum absolute atomic E-state index is 0.0980. The monoisotopic (exact) mass is 506 g/mol. The summed E-state index contributed by atoms with van der Waals surface area (Å²) in [6, 6.07) is 14.2. The Bertz CT molecular complexity index is 1240. The van der Waals surface area contributed by atoms with Crippen LogP contribution in [0.4, 0.5) is 5.69 Å². The number of hydrogen-bond acceptors (Lipinski definition) is 6. The highest BCUT2D eigenvalue weighted by Gasteiger charge is 2.53. The first-order valence-corrected chi connectivity index (χ1v) is 13.4. The SMILES string of the molecule is C#Cc1ccc(OS(=O)Nc2cccc(C(C3=C(O)C4(CCN(CC)CC4)OC3=O)C3CC3)c2)cc1. The lowest BCUT2D eigenvalue weighted by Crippen LogP contribution is -2.45. The third-order valence-corrected chi connectivity index (χ3v) is 8.10. The molecule has 2 unspecified atom stereocenters. The zero-order valence-corrected chi connectivity index (χ0v) is 21.1. The number of carbonyl (C=O) groups is 1. The topological polar surface area (TPSA) is 88.1 Å². The van der Waals surface area contributed by atoms with Gasteiger partial charge in [-0.05, 0) is 67.3 Å². The van der Waals surface area contributed by atoms with Gasteiger partial charge in [0, 0.05) is 43.1 Å². The Morgan fingerprint density at radius 3 is 2.61 bits per heavy atom. The molecule has 5 rings (SSSR count). The molecule has 2 fully saturated rings. The van der Waals surface area contributed by atoms with Gasteiger partial charge >= 0.3 is 17.2 Å². The van der Waals surface area contributed by atoms with Gasteiger partial charge in [-0.25, -0.2) is 4.79 Å². The number of likely N-dealkylation sites (tertiary alicyclic amines) is 1. The molecule has 0 radical (unpaired) electrons. The number of hydrogen-bond donors (Lipinski definition) is 2. The summed E-state index contributed by atoms with van der Waals surface area (Å²) in [6.45, 7) is 4.61. The van der Waals surface area contributed by atoms with Gasteiger partial charge in [-0.15, -0.1) is 6.42 Å². The normalized spacial score (nSPS) is 21.1. The summed E-state index contributed by atoms with van der Waals surface area (Å²) < 4.78 is 26.8. The van der Waals surface area contributed by atoms with Crippen molar-refractivity contribution in [1.82, 2.24) is 4.90 Å². The second kappa shape index (κ2) is 10.00. The molecule has 2 aromatic carbocycles. The van der Waals surface area contributed by atoms with E-state index in [9.17, 15) is 14.1 Å². The van der Waals surface area contributed by atoms with E-state index in [1.807, 2.05) is 18.2 Å². The third-order valence-electron chi connectivity index (χ3n) is 7.35. The molecule has 1 saturated heterocycles. The Labute approximate surface area is 214 Å². The molecule has 1 spiro atoms. The quantitative estimate of drug-likeness (QED) is 0.406. The summed E-state index contributed by atoms with van der Waals surface area (Å²) in [4.78, 5) is 15.4. The van der Waals surface area contributed by atoms with Crippen LogP contribution >= 0.6 is 0 Å². The standard InChI is InChI=1S/C28H30N2O5S/c1-3-19-8-12-23(13-9-19)35-36(33)29-22-7-5-6-21(18-22)24(20-10-11-20)25-26(31)28(34-27(25)32)14-16-30(4-2)17-15-28/h1,5-9,12-13,18,20,24,29,31H,4,10-11,14-17H2,2H3. The van der Waals surface area contributed by atoms with Crippen LogP contribution in [0.2, 0.25) is 0 Å². The number of esters is 1. The number of terminal acetylenes is 1. The lowest BCUT2D eigenvalue weighted by atomic mass is 9.82. The van der Waals surface area contributed by atoms with Gasteiger partial charge in [-0.2, -0.15) is 4.21 Å². The Morgan fingerprint density at radius 1 is 1.25 bits per heavy atom. The molecule has 0 bridgehead atoms. The van der Waals surface area contributed by atoms with Gasteiger partial charge in [0.05, 0.1) is 5.57 Å². The average Bonchev–Trinajstić information content (AvgIpc) is 3.69. The van der Waals surface area contributed by atoms with Crippen molar-refractivity contribution in [1.29, 1.82) is 0 Å². The number of aliphatic hydroxyl groups is 1. The first kappa shape index (κ1) is 24.4. The average molecular weight is 507 g/mol. The minimum atomic E-state index is -1.84. The van der Waals surface area contributed by atoms with Crippen molar-refractivity contribution in [2.45, 2.75) is 44.1 Å². The first-order valence-electron chi connectivity index (χ1n) is 12.3. The van der Waals surface area contributed by atoms with Crippen LogP contribution in [0.5, 0.6) is 5.75 Å². The van der Waals surface area contributed by atoms with E-state index in [4.69, 9.17) is 15.3 Å². The molecule has 36 heavy (non-hydrogen) atoms. The van der Waals surface area contributed by atoms with Crippen molar-refractivity contribution in [3.05, 3.63) is 71.0 Å². The summed E-state index contributed by atoms with van der Waals surface area (Å²) >= 11 is -1.84. The highest BCUT2D eigenvalue weighted by Crippen LogP contribution is 2.52. The number of nitrogens with one attached hydrogen (secondary N) is 1. The fraction of sp³-hybridized carbons (Fsp3) is 0.393. The van der Waals surface area contributed by atoms with Crippen molar-refractivity contribution in [3.63, 3.8) is 0 Å². The fourth-order valence-electron chi connectivity index (χ4n) is 5.18. The molecule has 1 aliphatic carbocycles. The van der Waals surface area contributed by atoms with Gasteiger partial charge in [0.2, 0.25) is 0 Å². The molecule has 2 aromatic rings. The maximum absolute atomic E-state index is 13.1. The van der Waals surface area contributed by atoms with E-state index in [0.717, 1.165) is 38.0 Å². The zero-order valence-electron chi connectivity index (χ0n) is 20.2. The molecular weight excluding hydrogens is 476 g/mol. The molecule has 0 aromatic heterocycles. The molecule has 2 atom stereocenters. The number of rotatable bonds is 8. The maximum Gasteiger partial charge on any atom is 0.339 e. The second-order valence-corrected chi connectivity index (χ2v) is 10.4. The largest absolute Gasteiger partial charge is 0.507 e. The number of aliphatic hydroxyl groups excluding tert-OH is 1. The molecule has 3 aliphatic rings. The van der Waals surface area contributed by atoms with Crippen LogP contribution in [0.1, 0.15) is 49.7 Å². The Kier molecular flexibility index (Phi) is 6.78. The van der Waals surface area contributed by atoms with E-state index in [2.05, 4.69) is 22.5 Å². The van der Waals surface area contributed by atoms with Crippen molar-refractivity contribution in [3.8, 4) is 18.1 Å². The van der Waals surface area contributed by atoms with Crippen LogP contribution in [-0.4, -0.2) is 45.4 Å². The summed E-state index contributed by atoms with van der Waals surface area (Å²) in [5.74, 6) is 2.62. The smallest absolute Gasteiger partial charge is 0.339 e. The lowest BCUT2D eigenvalue weighted by molar-refractivity contribution is -0.152. The van der Waals surface area contributed by atoms with E-state index in [0.29, 0.717) is 35.4 Å². The van der Waals surface area contributed by atoms with Crippen LogP contribution in [0, 0.1) is 18.3 Å². The molecule has 188 valence electrons. The molecule has 1 saturated carbocycles. The predicted octanol–water partition coefficient (Wildman–Crippen LogP) is 4.45. The molecule has 2 N–H and O–H groups in total. The summed E-state index contributed by atoms with van der Waals surface area (Å²) in [6.07, 6.45) is 8.52. The van der Waals surface area contributed by atoms with E-state index >= 15 is 0 Å². The highest BCUT2D eigenvalue weighted by atomic mass is 32.2. The van der Waals surface area contributed by atoms with E-state index in [1.165, 1.54) is 0 Å². The van der Waals surface area contributed by atoms with Crippen molar-refractivity contribution in [2.75, 3.05) is 24.4 Å². The third kappa shape index (κ3) is 4.86. The Hall–Kier alpha value is -3.28. The maximum atomic E-state index is 13.1. The summed E-state index contributed by atoms with van der Waals surface area (Å²) in [5, 5.41) is 11.3. The zero-order chi connectivity index (χ0) is 25.3. The number of benzene rings is 2. The summed E-state index contributed by atoms with van der Waals surface area (Å²) in [7, 11) is 0. The Morgan fingerprint density at radius 2 is 1.97 bits per heavy atom. The van der Waals surface area contributed by atoms with Gasteiger partial charge in [0.25, 0.3) is 0 Å². The van der Waals surface area contributed by atoms with Crippen LogP contribution in [0.3, 0.4) is 0 Å². The molecule has 2 aliphatic heterocycles. The van der Waals surface area contributed by atoms with Gasteiger partial charge in [0.1, 0.15) is 11.5 Å². The van der Waals surface area contributed by atoms with Gasteiger partial charge < -0.3 is 18.9 Å². The molecule has 2 heterocycles. The van der Waals surface area contributed by atoms with Crippen molar-refractivity contribution >= 4 is 22.9 Å². The fourth-order valence-corrected chi connectivity index (χ4v) is 5.82. The number of ether oxygens (including phenoxy) is 1. The minimum Gasteiger partial charge on any atom is -0.507 e. The molecule has 0 amide bonds. The molecule has 8 heteroatoms. The Balaban J connectivity index is 1.36. The number of piperidine rings is 1. The second-order valence-electron chi connectivity index (χ2n) is 9.61. The van der Waals surface area contributed by atoms with Crippen LogP contribution in [-0.2, 0) is 20.8 Å².